The van der Waals surface area contributed by atoms with Crippen LogP contribution in [0.25, 0.3) is 0 Å². The molecule has 2 rings (SSSR count). The molecule has 2 aromatic rings. The number of halogens is 2. The van der Waals surface area contributed by atoms with E-state index in [1.807, 2.05) is 19.9 Å². The van der Waals surface area contributed by atoms with Gasteiger partial charge >= 0.3 is 0 Å². The highest BCUT2D eigenvalue weighted by Gasteiger charge is 2.07. The summed E-state index contributed by atoms with van der Waals surface area (Å²) in [4.78, 5) is 4.15. The first-order valence-electron chi connectivity index (χ1n) is 5.12. The van der Waals surface area contributed by atoms with Gasteiger partial charge in [-0.1, -0.05) is 6.07 Å². The van der Waals surface area contributed by atoms with E-state index >= 15 is 0 Å². The van der Waals surface area contributed by atoms with Crippen LogP contribution in [0.15, 0.2) is 34.9 Å². The van der Waals surface area contributed by atoms with Gasteiger partial charge in [0.25, 0.3) is 0 Å². The normalized spacial score (nSPS) is 10.4. The largest absolute Gasteiger partial charge is 0.438 e. The molecule has 1 aromatic carbocycles. The van der Waals surface area contributed by atoms with Crippen LogP contribution in [-0.4, -0.2) is 4.98 Å². The Kier molecular flexibility index (Phi) is 3.43. The molecule has 0 aliphatic heterocycles. The van der Waals surface area contributed by atoms with Gasteiger partial charge in [-0.3, -0.25) is 0 Å². The molecule has 0 saturated carbocycles. The number of ether oxygens (including phenoxy) is 1. The lowest BCUT2D eigenvalue weighted by molar-refractivity contribution is 0.450. The Morgan fingerprint density at radius 3 is 2.65 bits per heavy atom. The van der Waals surface area contributed by atoms with Crippen molar-refractivity contribution in [1.29, 1.82) is 0 Å². The molecular weight excluding hydrogens is 285 g/mol. The van der Waals surface area contributed by atoms with Crippen LogP contribution in [0.4, 0.5) is 4.39 Å². The average molecular weight is 296 g/mol. The first kappa shape index (κ1) is 12.0. The first-order valence-corrected chi connectivity index (χ1v) is 5.92. The molecular formula is C13H11BrFNO. The Bertz CT molecular complexity index is 557. The van der Waals surface area contributed by atoms with E-state index in [9.17, 15) is 4.39 Å². The van der Waals surface area contributed by atoms with Crippen molar-refractivity contribution >= 4 is 15.9 Å². The number of pyridine rings is 1. The van der Waals surface area contributed by atoms with Crippen LogP contribution < -0.4 is 4.74 Å². The molecule has 0 radical (unpaired) electrons. The Morgan fingerprint density at radius 2 is 1.94 bits per heavy atom. The van der Waals surface area contributed by atoms with Crippen molar-refractivity contribution in [1.82, 2.24) is 4.98 Å². The van der Waals surface area contributed by atoms with E-state index in [1.165, 1.54) is 12.1 Å². The zero-order chi connectivity index (χ0) is 12.4. The van der Waals surface area contributed by atoms with Crippen LogP contribution in [0.2, 0.25) is 0 Å². The van der Waals surface area contributed by atoms with Crippen LogP contribution in [0.5, 0.6) is 11.6 Å². The van der Waals surface area contributed by atoms with Crippen LogP contribution in [0, 0.1) is 19.7 Å². The number of rotatable bonds is 2. The Labute approximate surface area is 108 Å². The minimum absolute atomic E-state index is 0.319. The molecule has 0 bridgehead atoms. The van der Waals surface area contributed by atoms with Gasteiger partial charge in [-0.2, -0.15) is 0 Å². The highest BCUT2D eigenvalue weighted by Crippen LogP contribution is 2.27. The summed E-state index contributed by atoms with van der Waals surface area (Å²) in [5.41, 5.74) is 1.76. The van der Waals surface area contributed by atoms with E-state index in [1.54, 1.807) is 12.3 Å². The quantitative estimate of drug-likeness (QED) is 0.820. The van der Waals surface area contributed by atoms with Crippen LogP contribution in [0.3, 0.4) is 0 Å². The van der Waals surface area contributed by atoms with Gasteiger partial charge in [-0.05, 0) is 47.5 Å². The fourth-order valence-corrected chi connectivity index (χ4v) is 1.87. The lowest BCUT2D eigenvalue weighted by Crippen LogP contribution is -1.93. The van der Waals surface area contributed by atoms with Crippen molar-refractivity contribution in [3.63, 3.8) is 0 Å². The monoisotopic (exact) mass is 295 g/mol. The maximum atomic E-state index is 13.1. The Balaban J connectivity index is 2.34. The zero-order valence-corrected chi connectivity index (χ0v) is 11.1. The van der Waals surface area contributed by atoms with Gasteiger partial charge in [0, 0.05) is 22.3 Å². The predicted octanol–water partition coefficient (Wildman–Crippen LogP) is 4.39. The van der Waals surface area contributed by atoms with E-state index in [0.717, 1.165) is 15.6 Å². The number of benzene rings is 1. The van der Waals surface area contributed by atoms with Crippen LogP contribution in [-0.2, 0) is 0 Å². The van der Waals surface area contributed by atoms with E-state index in [4.69, 9.17) is 4.74 Å². The third kappa shape index (κ3) is 2.82. The summed E-state index contributed by atoms with van der Waals surface area (Å²) in [5, 5.41) is 0. The second-order valence-corrected chi connectivity index (χ2v) is 4.70. The third-order valence-electron chi connectivity index (χ3n) is 2.35. The molecule has 0 N–H and O–H groups in total. The maximum Gasteiger partial charge on any atom is 0.222 e. The molecule has 1 heterocycles. The number of nitrogens with zero attached hydrogens (tertiary/aromatic N) is 1. The highest BCUT2D eigenvalue weighted by molar-refractivity contribution is 9.10. The van der Waals surface area contributed by atoms with Gasteiger partial charge in [-0.25, -0.2) is 9.37 Å². The fourth-order valence-electron chi connectivity index (χ4n) is 1.42. The zero-order valence-electron chi connectivity index (χ0n) is 9.50. The van der Waals surface area contributed by atoms with Crippen LogP contribution >= 0.6 is 15.9 Å². The minimum Gasteiger partial charge on any atom is -0.438 e. The molecule has 0 fully saturated rings. The van der Waals surface area contributed by atoms with E-state index in [-0.39, 0.29) is 5.82 Å². The smallest absolute Gasteiger partial charge is 0.222 e. The van der Waals surface area contributed by atoms with Crippen molar-refractivity contribution in [3.8, 4) is 11.6 Å². The van der Waals surface area contributed by atoms with E-state index < -0.39 is 0 Å². The molecule has 1 aromatic heterocycles. The molecule has 0 atom stereocenters. The number of hydrogen-bond acceptors (Lipinski definition) is 2. The van der Waals surface area contributed by atoms with Crippen molar-refractivity contribution in [3.05, 3.63) is 51.9 Å². The topological polar surface area (TPSA) is 22.1 Å². The van der Waals surface area contributed by atoms with Gasteiger partial charge in [0.2, 0.25) is 5.88 Å². The lowest BCUT2D eigenvalue weighted by atomic mass is 10.2. The molecule has 2 nitrogen and oxygen atoms in total. The molecule has 0 aliphatic carbocycles. The maximum absolute atomic E-state index is 13.1. The molecule has 0 saturated heterocycles. The molecule has 0 amide bonds. The summed E-state index contributed by atoms with van der Waals surface area (Å²) >= 11 is 3.33. The van der Waals surface area contributed by atoms with E-state index in [0.29, 0.717) is 11.6 Å². The fraction of sp³-hybridized carbons (Fsp3) is 0.154. The Hall–Kier alpha value is -1.42. The molecule has 0 spiro atoms. The predicted molar refractivity (Wildman–Crippen MR) is 67.9 cm³/mol. The molecule has 88 valence electrons. The summed E-state index contributed by atoms with van der Waals surface area (Å²) in [6.45, 7) is 3.75. The molecule has 4 heteroatoms. The summed E-state index contributed by atoms with van der Waals surface area (Å²) in [7, 11) is 0. The van der Waals surface area contributed by atoms with Gasteiger partial charge < -0.3 is 4.74 Å². The van der Waals surface area contributed by atoms with Gasteiger partial charge in [-0.15, -0.1) is 0 Å². The second kappa shape index (κ2) is 4.84. The molecule has 0 unspecified atom stereocenters. The standard InChI is InChI=1S/C13H11BrFNO/c1-8-3-4-11(15)6-12(8)17-13-9(2)5-10(14)7-16-13/h3-7H,1-2H3. The number of aromatic nitrogens is 1. The van der Waals surface area contributed by atoms with Crippen molar-refractivity contribution in [2.45, 2.75) is 13.8 Å². The number of hydrogen-bond donors (Lipinski definition) is 0. The molecule has 17 heavy (non-hydrogen) atoms. The SMILES string of the molecule is Cc1ccc(F)cc1Oc1ncc(Br)cc1C. The highest BCUT2D eigenvalue weighted by atomic mass is 79.9. The van der Waals surface area contributed by atoms with Gasteiger partial charge in [0.05, 0.1) is 0 Å². The molecule has 0 aliphatic rings. The van der Waals surface area contributed by atoms with E-state index in [2.05, 4.69) is 20.9 Å². The van der Waals surface area contributed by atoms with Crippen molar-refractivity contribution in [2.75, 3.05) is 0 Å². The summed E-state index contributed by atoms with van der Waals surface area (Å²) in [6, 6.07) is 6.35. The first-order chi connectivity index (χ1) is 8.06. The average Bonchev–Trinajstić information content (AvgIpc) is 2.27. The van der Waals surface area contributed by atoms with Crippen molar-refractivity contribution in [2.24, 2.45) is 0 Å². The third-order valence-corrected chi connectivity index (χ3v) is 2.79. The van der Waals surface area contributed by atoms with Crippen molar-refractivity contribution < 1.29 is 9.13 Å². The van der Waals surface area contributed by atoms with Gasteiger partial charge in [0.15, 0.2) is 0 Å². The number of aryl methyl sites for hydroxylation is 2. The lowest BCUT2D eigenvalue weighted by Gasteiger charge is -2.10. The summed E-state index contributed by atoms with van der Waals surface area (Å²) in [6.07, 6.45) is 1.65. The second-order valence-electron chi connectivity index (χ2n) is 3.79. The van der Waals surface area contributed by atoms with Crippen LogP contribution in [0.1, 0.15) is 11.1 Å². The van der Waals surface area contributed by atoms with Gasteiger partial charge in [0.1, 0.15) is 11.6 Å². The summed E-state index contributed by atoms with van der Waals surface area (Å²) < 4.78 is 19.6. The summed E-state index contributed by atoms with van der Waals surface area (Å²) in [5.74, 6) is 0.658. The minimum atomic E-state index is -0.319. The Morgan fingerprint density at radius 1 is 1.18 bits per heavy atom.